The van der Waals surface area contributed by atoms with E-state index in [-0.39, 0.29) is 16.2 Å². The number of allylic oxidation sites excluding steroid dienone is 9. The molecule has 0 nitrogen and oxygen atoms in total. The summed E-state index contributed by atoms with van der Waals surface area (Å²) < 4.78 is 0. The Bertz CT molecular complexity index is 1510. The fourth-order valence-corrected chi connectivity index (χ4v) is 10.8. The first-order valence-electron chi connectivity index (χ1n) is 17.0. The molecule has 230 valence electrons. The summed E-state index contributed by atoms with van der Waals surface area (Å²) in [7, 11) is 0. The first-order chi connectivity index (χ1) is 20.1. The Balaban J connectivity index is 1.80. The van der Waals surface area contributed by atoms with Gasteiger partial charge in [-0.25, -0.2) is 0 Å². The van der Waals surface area contributed by atoms with E-state index in [2.05, 4.69) is 94.2 Å². The van der Waals surface area contributed by atoms with Gasteiger partial charge in [-0.05, 0) is 134 Å². The average molecular weight is 575 g/mol. The largest absolute Gasteiger partial charge is 0.0999 e. The van der Waals surface area contributed by atoms with Crippen LogP contribution in [-0.4, -0.2) is 0 Å². The Morgan fingerprint density at radius 1 is 0.977 bits per heavy atom. The molecule has 0 bridgehead atoms. The highest BCUT2D eigenvalue weighted by atomic mass is 14.7. The van der Waals surface area contributed by atoms with Gasteiger partial charge in [0.2, 0.25) is 0 Å². The molecule has 0 unspecified atom stereocenters. The van der Waals surface area contributed by atoms with E-state index >= 15 is 0 Å². The molecule has 0 heterocycles. The lowest BCUT2D eigenvalue weighted by Crippen LogP contribution is -2.59. The average Bonchev–Trinajstić information content (AvgIpc) is 3.48. The van der Waals surface area contributed by atoms with Crippen molar-refractivity contribution in [2.24, 2.45) is 28.1 Å². The summed E-state index contributed by atoms with van der Waals surface area (Å²) in [4.78, 5) is 0. The van der Waals surface area contributed by atoms with Crippen molar-refractivity contribution in [2.45, 2.75) is 120 Å². The molecule has 43 heavy (non-hydrogen) atoms. The van der Waals surface area contributed by atoms with Crippen molar-refractivity contribution in [3.05, 3.63) is 112 Å². The Labute approximate surface area is 264 Å². The fourth-order valence-electron chi connectivity index (χ4n) is 10.8. The minimum atomic E-state index is -0.198. The predicted octanol–water partition coefficient (Wildman–Crippen LogP) is 12.6. The highest BCUT2D eigenvalue weighted by Gasteiger charge is 2.66. The molecule has 1 saturated carbocycles. The lowest BCUT2D eigenvalue weighted by Gasteiger charge is -2.68. The first-order valence-corrected chi connectivity index (χ1v) is 17.0. The van der Waals surface area contributed by atoms with Crippen molar-refractivity contribution in [1.29, 1.82) is 0 Å². The molecule has 0 aliphatic heterocycles. The molecule has 0 amide bonds. The van der Waals surface area contributed by atoms with Crippen LogP contribution in [0.2, 0.25) is 0 Å². The maximum Gasteiger partial charge on any atom is 0.0197 e. The van der Waals surface area contributed by atoms with E-state index < -0.39 is 0 Å². The van der Waals surface area contributed by atoms with Crippen LogP contribution < -0.4 is 0 Å². The van der Waals surface area contributed by atoms with Gasteiger partial charge >= 0.3 is 0 Å². The molecule has 0 saturated heterocycles. The van der Waals surface area contributed by atoms with Gasteiger partial charge in [0.25, 0.3) is 0 Å². The second-order valence-corrected chi connectivity index (χ2v) is 15.6. The fraction of sp³-hybridized carbons (Fsp3) is 0.535. The number of hydrogen-bond acceptors (Lipinski definition) is 0. The third-order valence-electron chi connectivity index (χ3n) is 13.5. The van der Waals surface area contributed by atoms with E-state index in [1.807, 2.05) is 0 Å². The molecule has 1 aromatic rings. The van der Waals surface area contributed by atoms with Crippen LogP contribution in [0.1, 0.15) is 129 Å². The van der Waals surface area contributed by atoms with Gasteiger partial charge in [0.15, 0.2) is 0 Å². The Hall–Kier alpha value is -2.60. The normalized spacial score (nSPS) is 32.5. The molecule has 4 aliphatic rings. The molecule has 0 spiro atoms. The highest BCUT2D eigenvalue weighted by Crippen LogP contribution is 2.75. The van der Waals surface area contributed by atoms with Gasteiger partial charge in [0.05, 0.1) is 0 Å². The van der Waals surface area contributed by atoms with Gasteiger partial charge in [-0.1, -0.05) is 120 Å². The van der Waals surface area contributed by atoms with Crippen LogP contribution in [0.25, 0.3) is 5.57 Å². The molecular formula is C43H58. The lowest BCUT2D eigenvalue weighted by molar-refractivity contribution is -0.0371. The summed E-state index contributed by atoms with van der Waals surface area (Å²) in [6, 6.07) is 4.77. The lowest BCUT2D eigenvalue weighted by atomic mass is 9.35. The van der Waals surface area contributed by atoms with Crippen LogP contribution in [-0.2, 0) is 6.42 Å². The van der Waals surface area contributed by atoms with Crippen LogP contribution in [0.4, 0.5) is 0 Å². The van der Waals surface area contributed by atoms with Crippen LogP contribution in [0.3, 0.4) is 0 Å². The SMILES string of the molecule is C=C(CC)C[C@@H]1[C@]2(C)C(=C(C)[C@@]3(C)C(=C)C(C(=C)C)=C(C)C[C@@]13C)C(=C)c1c(C)ccc(CC(=C)C3CCCC3)c1[C@H]2C. The topological polar surface area (TPSA) is 0 Å². The first kappa shape index (κ1) is 31.8. The molecule has 0 aromatic heterocycles. The Kier molecular flexibility index (Phi) is 7.98. The molecule has 5 rings (SSSR count). The smallest absolute Gasteiger partial charge is 0.0197 e. The predicted molar refractivity (Wildman–Crippen MR) is 189 cm³/mol. The zero-order chi connectivity index (χ0) is 31.8. The van der Waals surface area contributed by atoms with Crippen molar-refractivity contribution in [2.75, 3.05) is 0 Å². The maximum atomic E-state index is 4.99. The van der Waals surface area contributed by atoms with Crippen molar-refractivity contribution in [1.82, 2.24) is 0 Å². The third kappa shape index (κ3) is 4.29. The van der Waals surface area contributed by atoms with Crippen molar-refractivity contribution >= 4 is 5.57 Å². The zero-order valence-corrected chi connectivity index (χ0v) is 29.1. The summed E-state index contributed by atoms with van der Waals surface area (Å²) in [5, 5.41) is 0. The summed E-state index contributed by atoms with van der Waals surface area (Å²) in [6.45, 7) is 45.3. The zero-order valence-electron chi connectivity index (χ0n) is 29.1. The Morgan fingerprint density at radius 2 is 1.60 bits per heavy atom. The summed E-state index contributed by atoms with van der Waals surface area (Å²) in [5.74, 6) is 1.41. The van der Waals surface area contributed by atoms with Gasteiger partial charge in [0, 0.05) is 10.8 Å². The van der Waals surface area contributed by atoms with Crippen molar-refractivity contribution in [3.63, 3.8) is 0 Å². The summed E-state index contributed by atoms with van der Waals surface area (Å²) in [6.07, 6.45) is 9.39. The summed E-state index contributed by atoms with van der Waals surface area (Å²) in [5.41, 5.74) is 17.6. The van der Waals surface area contributed by atoms with Crippen molar-refractivity contribution < 1.29 is 0 Å². The van der Waals surface area contributed by atoms with Crippen LogP contribution >= 0.6 is 0 Å². The number of aryl methyl sites for hydroxylation is 1. The van der Waals surface area contributed by atoms with Crippen LogP contribution in [0.15, 0.2) is 89.6 Å². The number of fused-ring (bicyclic) bond motifs is 3. The van der Waals surface area contributed by atoms with E-state index in [0.717, 1.165) is 31.3 Å². The second-order valence-electron chi connectivity index (χ2n) is 15.6. The van der Waals surface area contributed by atoms with E-state index in [1.54, 1.807) is 0 Å². The van der Waals surface area contributed by atoms with E-state index in [4.69, 9.17) is 13.2 Å². The van der Waals surface area contributed by atoms with Crippen LogP contribution in [0.5, 0.6) is 0 Å². The molecule has 0 heteroatoms. The van der Waals surface area contributed by atoms with E-state index in [0.29, 0.717) is 17.8 Å². The quantitative estimate of drug-likeness (QED) is 0.284. The second kappa shape index (κ2) is 10.8. The molecule has 1 aromatic carbocycles. The Morgan fingerprint density at radius 3 is 2.19 bits per heavy atom. The molecular weight excluding hydrogens is 516 g/mol. The van der Waals surface area contributed by atoms with Gasteiger partial charge in [0.1, 0.15) is 0 Å². The maximum absolute atomic E-state index is 4.99. The van der Waals surface area contributed by atoms with Gasteiger partial charge in [-0.2, -0.15) is 0 Å². The molecule has 0 radical (unpaired) electrons. The summed E-state index contributed by atoms with van der Waals surface area (Å²) >= 11 is 0. The van der Waals surface area contributed by atoms with Gasteiger partial charge < -0.3 is 0 Å². The highest BCUT2D eigenvalue weighted by molar-refractivity contribution is 5.88. The van der Waals surface area contributed by atoms with E-state index in [1.165, 1.54) is 92.5 Å². The monoisotopic (exact) mass is 574 g/mol. The van der Waals surface area contributed by atoms with Gasteiger partial charge in [-0.3, -0.25) is 0 Å². The molecule has 1 fully saturated rings. The van der Waals surface area contributed by atoms with Crippen LogP contribution in [0, 0.1) is 35.0 Å². The number of rotatable bonds is 7. The minimum absolute atomic E-state index is 0.0168. The molecule has 5 atom stereocenters. The van der Waals surface area contributed by atoms with Crippen molar-refractivity contribution in [3.8, 4) is 0 Å². The standard InChI is InChI=1S/C43H58/c1-15-26(4)22-36-41(12)24-29(7)37(25(2)3)32(10)43(41,14)33(11)40-30(8)38-27(5)20-21-35(39(38)31(9)42(36,40)13)23-28(6)34-18-16-17-19-34/h20-21,31,34,36H,2,4,6,8,10,15-19,22-24H2,1,3,5,7,9,11-14H3/t31-,36+,41+,42-,43-/m1/s1. The number of benzene rings is 1. The minimum Gasteiger partial charge on any atom is -0.0999 e. The number of hydrogen-bond donors (Lipinski definition) is 0. The molecule has 4 aliphatic carbocycles. The van der Waals surface area contributed by atoms with Gasteiger partial charge in [-0.15, -0.1) is 0 Å². The van der Waals surface area contributed by atoms with E-state index in [9.17, 15) is 0 Å². The molecule has 0 N–H and O–H groups in total. The third-order valence-corrected chi connectivity index (χ3v) is 13.5.